The maximum Gasteiger partial charge on any atom is 0.253 e. The molecule has 6 nitrogen and oxygen atoms in total. The van der Waals surface area contributed by atoms with Crippen molar-refractivity contribution in [3.8, 4) is 0 Å². The van der Waals surface area contributed by atoms with Gasteiger partial charge >= 0.3 is 0 Å². The van der Waals surface area contributed by atoms with Crippen LogP contribution >= 0.6 is 11.6 Å². The van der Waals surface area contributed by atoms with Gasteiger partial charge < -0.3 is 14.8 Å². The summed E-state index contributed by atoms with van der Waals surface area (Å²) in [4.78, 5) is 31.5. The Morgan fingerprint density at radius 1 is 1.07 bits per heavy atom. The standard InChI is InChI=1S/C21H23ClN4O2/c1-3-25(4-2)20(27)14-26-18-12-8-7-11-17(18)24-19(26)13-23-21(28)15-9-5-6-10-16(15)22/h5-12H,3-4,13-14H2,1-2H3,(H,23,28). The van der Waals surface area contributed by atoms with Gasteiger partial charge in [-0.25, -0.2) is 4.98 Å². The fraction of sp³-hybridized carbons (Fsp3) is 0.286. The number of hydrogen-bond acceptors (Lipinski definition) is 3. The number of rotatable bonds is 7. The van der Waals surface area contributed by atoms with Crippen LogP contribution in [0.15, 0.2) is 48.5 Å². The average molecular weight is 399 g/mol. The molecule has 3 rings (SSSR count). The molecule has 28 heavy (non-hydrogen) atoms. The van der Waals surface area contributed by atoms with Crippen molar-refractivity contribution in [3.05, 3.63) is 64.9 Å². The highest BCUT2D eigenvalue weighted by molar-refractivity contribution is 6.33. The molecule has 7 heteroatoms. The van der Waals surface area contributed by atoms with Gasteiger partial charge in [0, 0.05) is 13.1 Å². The van der Waals surface area contributed by atoms with Gasteiger partial charge in [-0.3, -0.25) is 9.59 Å². The zero-order chi connectivity index (χ0) is 20.1. The van der Waals surface area contributed by atoms with Crippen LogP contribution in [0.5, 0.6) is 0 Å². The highest BCUT2D eigenvalue weighted by Gasteiger charge is 2.17. The van der Waals surface area contributed by atoms with Gasteiger partial charge in [-0.1, -0.05) is 35.9 Å². The maximum atomic E-state index is 12.6. The molecule has 1 N–H and O–H groups in total. The molecule has 0 aliphatic heterocycles. The zero-order valence-electron chi connectivity index (χ0n) is 16.0. The van der Waals surface area contributed by atoms with E-state index in [1.54, 1.807) is 29.2 Å². The molecule has 2 amide bonds. The topological polar surface area (TPSA) is 67.2 Å². The van der Waals surface area contributed by atoms with Crippen molar-refractivity contribution in [1.29, 1.82) is 0 Å². The highest BCUT2D eigenvalue weighted by atomic mass is 35.5. The van der Waals surface area contributed by atoms with Crippen LogP contribution in [0.25, 0.3) is 11.0 Å². The summed E-state index contributed by atoms with van der Waals surface area (Å²) in [6, 6.07) is 14.5. The van der Waals surface area contributed by atoms with Crippen molar-refractivity contribution in [2.75, 3.05) is 13.1 Å². The molecule has 1 heterocycles. The molecule has 0 atom stereocenters. The molecule has 0 aliphatic rings. The number of fused-ring (bicyclic) bond motifs is 1. The van der Waals surface area contributed by atoms with E-state index in [-0.39, 0.29) is 24.9 Å². The molecule has 2 aromatic carbocycles. The van der Waals surface area contributed by atoms with Gasteiger partial charge in [0.15, 0.2) is 0 Å². The summed E-state index contributed by atoms with van der Waals surface area (Å²) in [7, 11) is 0. The van der Waals surface area contributed by atoms with Crippen LogP contribution in [-0.4, -0.2) is 39.4 Å². The lowest BCUT2D eigenvalue weighted by Crippen LogP contribution is -2.34. The number of halogens is 1. The Morgan fingerprint density at radius 2 is 1.75 bits per heavy atom. The van der Waals surface area contributed by atoms with Crippen LogP contribution in [0, 0.1) is 0 Å². The SMILES string of the molecule is CCN(CC)C(=O)Cn1c(CNC(=O)c2ccccc2Cl)nc2ccccc21. The second-order valence-corrected chi connectivity index (χ2v) is 6.74. The van der Waals surface area contributed by atoms with Crippen LogP contribution in [-0.2, 0) is 17.9 Å². The number of para-hydroxylation sites is 2. The molecule has 1 aromatic heterocycles. The largest absolute Gasteiger partial charge is 0.345 e. The van der Waals surface area contributed by atoms with E-state index in [0.717, 1.165) is 11.0 Å². The summed E-state index contributed by atoms with van der Waals surface area (Å²) < 4.78 is 1.86. The van der Waals surface area contributed by atoms with E-state index in [1.165, 1.54) is 0 Å². The predicted octanol–water partition coefficient (Wildman–Crippen LogP) is 3.49. The molecular weight excluding hydrogens is 376 g/mol. The minimum absolute atomic E-state index is 0.0202. The van der Waals surface area contributed by atoms with Gasteiger partial charge in [-0.2, -0.15) is 0 Å². The first kappa shape index (κ1) is 19.9. The van der Waals surface area contributed by atoms with E-state index < -0.39 is 0 Å². The second-order valence-electron chi connectivity index (χ2n) is 6.33. The lowest BCUT2D eigenvalue weighted by atomic mass is 10.2. The van der Waals surface area contributed by atoms with E-state index in [1.807, 2.05) is 42.7 Å². The monoisotopic (exact) mass is 398 g/mol. The number of amides is 2. The Labute approximate surface area is 169 Å². The smallest absolute Gasteiger partial charge is 0.253 e. The number of aromatic nitrogens is 2. The molecule has 0 fully saturated rings. The Kier molecular flexibility index (Phi) is 6.31. The van der Waals surface area contributed by atoms with Crippen LogP contribution in [0.3, 0.4) is 0 Å². The summed E-state index contributed by atoms with van der Waals surface area (Å²) >= 11 is 6.10. The third kappa shape index (κ3) is 4.17. The van der Waals surface area contributed by atoms with E-state index in [0.29, 0.717) is 29.5 Å². The number of nitrogens with zero attached hydrogens (tertiary/aromatic N) is 3. The van der Waals surface area contributed by atoms with E-state index >= 15 is 0 Å². The number of benzene rings is 2. The van der Waals surface area contributed by atoms with Gasteiger partial charge in [-0.15, -0.1) is 0 Å². The summed E-state index contributed by atoms with van der Waals surface area (Å²) in [5, 5.41) is 3.25. The minimum atomic E-state index is -0.278. The quantitative estimate of drug-likeness (QED) is 0.662. The van der Waals surface area contributed by atoms with E-state index in [4.69, 9.17) is 11.6 Å². The molecule has 3 aromatic rings. The van der Waals surface area contributed by atoms with Crippen molar-refractivity contribution >= 4 is 34.4 Å². The normalized spacial score (nSPS) is 10.8. The first-order chi connectivity index (χ1) is 13.5. The van der Waals surface area contributed by atoms with Crippen LogP contribution < -0.4 is 5.32 Å². The minimum Gasteiger partial charge on any atom is -0.345 e. The third-order valence-electron chi connectivity index (χ3n) is 4.67. The summed E-state index contributed by atoms with van der Waals surface area (Å²) in [5.41, 5.74) is 2.06. The van der Waals surface area contributed by atoms with Gasteiger partial charge in [0.2, 0.25) is 5.91 Å². The van der Waals surface area contributed by atoms with E-state index in [9.17, 15) is 9.59 Å². The van der Waals surface area contributed by atoms with Crippen molar-refractivity contribution in [2.24, 2.45) is 0 Å². The number of hydrogen-bond donors (Lipinski definition) is 1. The van der Waals surface area contributed by atoms with Gasteiger partial charge in [0.25, 0.3) is 5.91 Å². The molecule has 0 bridgehead atoms. The molecular formula is C21H23ClN4O2. The number of carbonyl (C=O) groups excluding carboxylic acids is 2. The van der Waals surface area contributed by atoms with Gasteiger partial charge in [0.05, 0.1) is 28.2 Å². The molecule has 0 aliphatic carbocycles. The van der Waals surface area contributed by atoms with Gasteiger partial charge in [0.1, 0.15) is 12.4 Å². The molecule has 0 radical (unpaired) electrons. The first-order valence-corrected chi connectivity index (χ1v) is 9.67. The van der Waals surface area contributed by atoms with Crippen LogP contribution in [0.1, 0.15) is 30.0 Å². The Bertz CT molecular complexity index is 995. The van der Waals surface area contributed by atoms with Crippen LogP contribution in [0.4, 0.5) is 0 Å². The van der Waals surface area contributed by atoms with E-state index in [2.05, 4.69) is 10.3 Å². The van der Waals surface area contributed by atoms with Crippen molar-refractivity contribution in [2.45, 2.75) is 26.9 Å². The molecule has 146 valence electrons. The second kappa shape index (κ2) is 8.89. The van der Waals surface area contributed by atoms with Gasteiger partial charge in [-0.05, 0) is 38.1 Å². The fourth-order valence-corrected chi connectivity index (χ4v) is 3.37. The van der Waals surface area contributed by atoms with Crippen LogP contribution in [0.2, 0.25) is 5.02 Å². The summed E-state index contributed by atoms with van der Waals surface area (Å²) in [6.45, 7) is 5.60. The molecule has 0 spiro atoms. The number of nitrogens with one attached hydrogen (secondary N) is 1. The Balaban J connectivity index is 1.85. The Hall–Kier alpha value is -2.86. The lowest BCUT2D eigenvalue weighted by Gasteiger charge is -2.20. The summed E-state index contributed by atoms with van der Waals surface area (Å²) in [6.07, 6.45) is 0. The Morgan fingerprint density at radius 3 is 2.46 bits per heavy atom. The number of imidazole rings is 1. The average Bonchev–Trinajstić information content (AvgIpc) is 3.05. The maximum absolute atomic E-state index is 12.6. The molecule has 0 unspecified atom stereocenters. The molecule has 0 saturated carbocycles. The number of carbonyl (C=O) groups is 2. The lowest BCUT2D eigenvalue weighted by molar-refractivity contribution is -0.131. The van der Waals surface area contributed by atoms with Crippen molar-refractivity contribution in [1.82, 2.24) is 19.8 Å². The summed E-state index contributed by atoms with van der Waals surface area (Å²) in [5.74, 6) is 0.369. The number of likely N-dealkylation sites (N-methyl/N-ethyl adjacent to an activating group) is 1. The van der Waals surface area contributed by atoms with Crippen molar-refractivity contribution in [3.63, 3.8) is 0 Å². The first-order valence-electron chi connectivity index (χ1n) is 9.29. The zero-order valence-corrected chi connectivity index (χ0v) is 16.7. The van der Waals surface area contributed by atoms with Crippen molar-refractivity contribution < 1.29 is 9.59 Å². The predicted molar refractivity (Wildman–Crippen MR) is 110 cm³/mol. The highest BCUT2D eigenvalue weighted by Crippen LogP contribution is 2.18. The third-order valence-corrected chi connectivity index (χ3v) is 5.00. The fourth-order valence-electron chi connectivity index (χ4n) is 3.15. The molecule has 0 saturated heterocycles.